The Morgan fingerprint density at radius 2 is 1.93 bits per heavy atom. The van der Waals surface area contributed by atoms with Gasteiger partial charge in [0.1, 0.15) is 0 Å². The van der Waals surface area contributed by atoms with Gasteiger partial charge in [0.25, 0.3) is 0 Å². The molecule has 0 radical (unpaired) electrons. The second kappa shape index (κ2) is 9.94. The molecule has 1 aromatic carbocycles. The third kappa shape index (κ3) is 6.58. The first-order chi connectivity index (χ1) is 12.9. The van der Waals surface area contributed by atoms with E-state index in [1.807, 2.05) is 29.2 Å². The number of anilines is 1. The fourth-order valence-electron chi connectivity index (χ4n) is 2.67. The van der Waals surface area contributed by atoms with E-state index in [1.165, 1.54) is 0 Å². The van der Waals surface area contributed by atoms with Crippen molar-refractivity contribution in [2.45, 2.75) is 33.2 Å². The van der Waals surface area contributed by atoms with Crippen LogP contribution in [0, 0.1) is 5.92 Å². The highest BCUT2D eigenvalue weighted by Gasteiger charge is 2.21. The Morgan fingerprint density at radius 3 is 2.48 bits per heavy atom. The highest BCUT2D eigenvalue weighted by molar-refractivity contribution is 5.95. The van der Waals surface area contributed by atoms with Gasteiger partial charge >= 0.3 is 0 Å². The summed E-state index contributed by atoms with van der Waals surface area (Å²) in [4.78, 5) is 31.6. The number of amides is 2. The number of aliphatic imine (C=N–C) groups is 1. The first-order valence-electron chi connectivity index (χ1n) is 9.48. The zero-order chi connectivity index (χ0) is 19.8. The molecule has 27 heavy (non-hydrogen) atoms. The molecule has 7 nitrogen and oxygen atoms in total. The highest BCUT2D eigenvalue weighted by atomic mass is 16.2. The van der Waals surface area contributed by atoms with E-state index in [4.69, 9.17) is 0 Å². The second-order valence-corrected chi connectivity index (χ2v) is 7.40. The fraction of sp³-hybridized carbons (Fsp3) is 0.550. The third-order valence-electron chi connectivity index (χ3n) is 4.32. The minimum absolute atomic E-state index is 0.00585. The van der Waals surface area contributed by atoms with Gasteiger partial charge in [-0.2, -0.15) is 0 Å². The smallest absolute Gasteiger partial charge is 0.241 e. The Hall–Kier alpha value is -2.57. The Balaban J connectivity index is 1.98. The van der Waals surface area contributed by atoms with Gasteiger partial charge in [-0.05, 0) is 30.0 Å². The Labute approximate surface area is 161 Å². The van der Waals surface area contributed by atoms with Crippen LogP contribution in [-0.2, 0) is 16.1 Å². The number of carbonyl (C=O) groups is 2. The van der Waals surface area contributed by atoms with Gasteiger partial charge in [-0.15, -0.1) is 0 Å². The van der Waals surface area contributed by atoms with Crippen LogP contribution >= 0.6 is 0 Å². The molecular weight excluding hydrogens is 342 g/mol. The molecule has 0 spiro atoms. The Kier molecular flexibility index (Phi) is 7.64. The van der Waals surface area contributed by atoms with E-state index in [-0.39, 0.29) is 18.4 Å². The van der Waals surface area contributed by atoms with Crippen molar-refractivity contribution in [2.24, 2.45) is 10.9 Å². The molecule has 0 unspecified atom stereocenters. The van der Waals surface area contributed by atoms with E-state index in [1.54, 1.807) is 19.0 Å². The van der Waals surface area contributed by atoms with Crippen LogP contribution in [0.2, 0.25) is 0 Å². The molecule has 0 aromatic heterocycles. The van der Waals surface area contributed by atoms with E-state index >= 15 is 0 Å². The van der Waals surface area contributed by atoms with Crippen LogP contribution in [0.25, 0.3) is 0 Å². The summed E-state index contributed by atoms with van der Waals surface area (Å²) >= 11 is 0. The summed E-state index contributed by atoms with van der Waals surface area (Å²) in [6, 6.07) is 7.93. The van der Waals surface area contributed by atoms with Gasteiger partial charge in [0.05, 0.1) is 13.1 Å². The molecule has 0 bridgehead atoms. The van der Waals surface area contributed by atoms with Crippen LogP contribution in [0.5, 0.6) is 0 Å². The van der Waals surface area contributed by atoms with Crippen molar-refractivity contribution in [2.75, 3.05) is 38.6 Å². The summed E-state index contributed by atoms with van der Waals surface area (Å²) < 4.78 is 0. The molecular formula is C20H31N5O2. The van der Waals surface area contributed by atoms with Crippen LogP contribution in [0.4, 0.5) is 5.69 Å². The van der Waals surface area contributed by atoms with Crippen molar-refractivity contribution in [1.29, 1.82) is 0 Å². The maximum atomic E-state index is 11.8. The monoisotopic (exact) mass is 373 g/mol. The van der Waals surface area contributed by atoms with Crippen molar-refractivity contribution in [3.8, 4) is 0 Å². The summed E-state index contributed by atoms with van der Waals surface area (Å²) in [7, 11) is 3.46. The van der Waals surface area contributed by atoms with Gasteiger partial charge in [-0.25, -0.2) is 4.99 Å². The first-order valence-corrected chi connectivity index (χ1v) is 9.48. The number of hydrogen-bond donors (Lipinski definition) is 2. The third-order valence-corrected chi connectivity index (χ3v) is 4.32. The molecule has 1 saturated heterocycles. The molecule has 1 aliphatic rings. The van der Waals surface area contributed by atoms with E-state index < -0.39 is 0 Å². The van der Waals surface area contributed by atoms with Crippen molar-refractivity contribution in [3.63, 3.8) is 0 Å². The van der Waals surface area contributed by atoms with Gasteiger partial charge in [-0.1, -0.05) is 26.0 Å². The molecule has 0 aliphatic carbocycles. The molecule has 0 atom stereocenters. The van der Waals surface area contributed by atoms with Gasteiger partial charge < -0.3 is 20.4 Å². The molecule has 1 heterocycles. The zero-order valence-electron chi connectivity index (χ0n) is 16.8. The predicted molar refractivity (Wildman–Crippen MR) is 109 cm³/mol. The molecule has 148 valence electrons. The number of nitrogens with one attached hydrogen (secondary N) is 2. The van der Waals surface area contributed by atoms with Gasteiger partial charge in [0.15, 0.2) is 5.96 Å². The number of hydrogen-bond acceptors (Lipinski definition) is 3. The molecule has 2 amide bonds. The summed E-state index contributed by atoms with van der Waals surface area (Å²) in [5.74, 6) is 1.28. The largest absolute Gasteiger partial charge is 0.356 e. The molecule has 2 N–H and O–H groups in total. The summed E-state index contributed by atoms with van der Waals surface area (Å²) in [6.07, 6.45) is 1.56. The standard InChI is InChI=1S/C20H31N5O2/c1-15(2)12-21-20(23-14-19(27)24(3)4)22-13-16-7-9-17(10-8-16)25-11-5-6-18(25)26/h7-10,15H,5-6,11-14H2,1-4H3,(H2,21,22,23). The minimum Gasteiger partial charge on any atom is -0.356 e. The lowest BCUT2D eigenvalue weighted by Gasteiger charge is -2.17. The minimum atomic E-state index is -0.00585. The van der Waals surface area contributed by atoms with Crippen molar-refractivity contribution in [1.82, 2.24) is 15.5 Å². The lowest BCUT2D eigenvalue weighted by atomic mass is 10.2. The van der Waals surface area contributed by atoms with Gasteiger partial charge in [0, 0.05) is 39.3 Å². The SMILES string of the molecule is CC(C)CNC(=NCc1ccc(N2CCCC2=O)cc1)NCC(=O)N(C)C. The molecule has 1 aromatic rings. The summed E-state index contributed by atoms with van der Waals surface area (Å²) in [5, 5.41) is 6.34. The summed E-state index contributed by atoms with van der Waals surface area (Å²) in [6.45, 7) is 6.51. The van der Waals surface area contributed by atoms with Crippen molar-refractivity contribution >= 4 is 23.5 Å². The Morgan fingerprint density at radius 1 is 1.22 bits per heavy atom. The number of likely N-dealkylation sites (N-methyl/N-ethyl adjacent to an activating group) is 1. The molecule has 1 fully saturated rings. The number of nitrogens with zero attached hydrogens (tertiary/aromatic N) is 3. The topological polar surface area (TPSA) is 77.0 Å². The lowest BCUT2D eigenvalue weighted by Crippen LogP contribution is -2.44. The van der Waals surface area contributed by atoms with Crippen LogP contribution in [0.3, 0.4) is 0 Å². The van der Waals surface area contributed by atoms with Crippen molar-refractivity contribution < 1.29 is 9.59 Å². The van der Waals surface area contributed by atoms with E-state index in [9.17, 15) is 9.59 Å². The number of guanidine groups is 1. The second-order valence-electron chi connectivity index (χ2n) is 7.40. The fourth-order valence-corrected chi connectivity index (χ4v) is 2.67. The highest BCUT2D eigenvalue weighted by Crippen LogP contribution is 2.21. The molecule has 0 saturated carbocycles. The zero-order valence-corrected chi connectivity index (χ0v) is 16.8. The van der Waals surface area contributed by atoms with E-state index in [0.717, 1.165) is 30.8 Å². The van der Waals surface area contributed by atoms with Crippen LogP contribution < -0.4 is 15.5 Å². The van der Waals surface area contributed by atoms with Crippen LogP contribution in [0.1, 0.15) is 32.3 Å². The number of rotatable bonds is 7. The predicted octanol–water partition coefficient (Wildman–Crippen LogP) is 1.59. The van der Waals surface area contributed by atoms with Crippen molar-refractivity contribution in [3.05, 3.63) is 29.8 Å². The first kappa shape index (κ1) is 20.7. The van der Waals surface area contributed by atoms with Gasteiger partial charge in [0.2, 0.25) is 11.8 Å². The maximum absolute atomic E-state index is 11.8. The lowest BCUT2D eigenvalue weighted by molar-refractivity contribution is -0.127. The van der Waals surface area contributed by atoms with E-state index in [2.05, 4.69) is 29.5 Å². The average Bonchev–Trinajstić information content (AvgIpc) is 3.07. The van der Waals surface area contributed by atoms with Crippen LogP contribution in [-0.4, -0.2) is 56.4 Å². The normalized spacial score (nSPS) is 14.6. The molecule has 1 aliphatic heterocycles. The quantitative estimate of drug-likeness (QED) is 0.562. The van der Waals surface area contributed by atoms with Gasteiger partial charge in [-0.3, -0.25) is 9.59 Å². The number of carbonyl (C=O) groups excluding carboxylic acids is 2. The molecule has 7 heteroatoms. The maximum Gasteiger partial charge on any atom is 0.241 e. The number of benzene rings is 1. The van der Waals surface area contributed by atoms with E-state index in [0.29, 0.717) is 24.8 Å². The van der Waals surface area contributed by atoms with Crippen LogP contribution in [0.15, 0.2) is 29.3 Å². The summed E-state index contributed by atoms with van der Waals surface area (Å²) in [5.41, 5.74) is 1.99. The Bertz CT molecular complexity index is 667. The average molecular weight is 374 g/mol. The molecule has 2 rings (SSSR count).